The van der Waals surface area contributed by atoms with Gasteiger partial charge < -0.3 is 10.6 Å². The summed E-state index contributed by atoms with van der Waals surface area (Å²) in [5, 5.41) is 6.73. The Morgan fingerprint density at radius 1 is 0.870 bits per heavy atom. The summed E-state index contributed by atoms with van der Waals surface area (Å²) in [4.78, 5) is 8.57. The highest BCUT2D eigenvalue weighted by Crippen LogP contribution is 2.18. The first-order chi connectivity index (χ1) is 11.3. The minimum absolute atomic E-state index is 0.188. The molecule has 0 aliphatic carbocycles. The first kappa shape index (κ1) is 15.0. The average molecular weight is 304 g/mol. The molecule has 1 atom stereocenters. The molecule has 1 aromatic heterocycles. The summed E-state index contributed by atoms with van der Waals surface area (Å²) in [6.07, 6.45) is 1.58. The Labute approximate surface area is 136 Å². The predicted octanol–water partition coefficient (Wildman–Crippen LogP) is 4.26. The summed E-state index contributed by atoms with van der Waals surface area (Å²) in [5.74, 6) is 1.62. The fourth-order valence-corrected chi connectivity index (χ4v) is 2.37. The Hall–Kier alpha value is -2.88. The van der Waals surface area contributed by atoms with Crippen LogP contribution in [0, 0.1) is 0 Å². The fourth-order valence-electron chi connectivity index (χ4n) is 2.37. The summed E-state index contributed by atoms with van der Waals surface area (Å²) in [6, 6.07) is 22.7. The van der Waals surface area contributed by atoms with Crippen molar-refractivity contribution in [3.63, 3.8) is 0 Å². The molecule has 3 aromatic rings. The molecular weight excluding hydrogens is 284 g/mol. The van der Waals surface area contributed by atoms with E-state index in [0.29, 0.717) is 0 Å². The van der Waals surface area contributed by atoms with Crippen LogP contribution in [0.25, 0.3) is 0 Å². The molecule has 0 fully saturated rings. The third-order valence-electron chi connectivity index (χ3n) is 3.65. The van der Waals surface area contributed by atoms with Crippen molar-refractivity contribution in [1.82, 2.24) is 9.97 Å². The smallest absolute Gasteiger partial charge is 0.131 e. The van der Waals surface area contributed by atoms with E-state index in [0.717, 1.165) is 18.2 Å². The van der Waals surface area contributed by atoms with E-state index in [9.17, 15) is 0 Å². The normalized spacial score (nSPS) is 11.7. The van der Waals surface area contributed by atoms with E-state index in [1.807, 2.05) is 42.5 Å². The molecule has 2 aromatic carbocycles. The highest BCUT2D eigenvalue weighted by molar-refractivity contribution is 5.48. The molecule has 0 aliphatic heterocycles. The molecule has 0 bridgehead atoms. The molecule has 1 heterocycles. The van der Waals surface area contributed by atoms with Gasteiger partial charge in [0.1, 0.15) is 18.0 Å². The van der Waals surface area contributed by atoms with Gasteiger partial charge in [-0.15, -0.1) is 0 Å². The molecule has 0 spiro atoms. The molecular formula is C19H20N4. The molecule has 4 heteroatoms. The lowest BCUT2D eigenvalue weighted by molar-refractivity contribution is 0.871. The van der Waals surface area contributed by atoms with E-state index in [2.05, 4.69) is 51.8 Å². The number of benzene rings is 2. The van der Waals surface area contributed by atoms with Gasteiger partial charge in [0, 0.05) is 18.7 Å². The number of anilines is 2. The average Bonchev–Trinajstić information content (AvgIpc) is 2.62. The van der Waals surface area contributed by atoms with Crippen molar-refractivity contribution >= 4 is 11.6 Å². The Morgan fingerprint density at radius 2 is 1.52 bits per heavy atom. The minimum atomic E-state index is 0.188. The van der Waals surface area contributed by atoms with Gasteiger partial charge in [0.2, 0.25) is 0 Å². The molecule has 116 valence electrons. The van der Waals surface area contributed by atoms with Gasteiger partial charge in [-0.05, 0) is 18.1 Å². The van der Waals surface area contributed by atoms with Crippen molar-refractivity contribution in [2.24, 2.45) is 0 Å². The first-order valence-electron chi connectivity index (χ1n) is 7.72. The maximum Gasteiger partial charge on any atom is 0.131 e. The summed E-state index contributed by atoms with van der Waals surface area (Å²) >= 11 is 0. The molecule has 23 heavy (non-hydrogen) atoms. The summed E-state index contributed by atoms with van der Waals surface area (Å²) in [7, 11) is 0. The number of nitrogens with zero attached hydrogens (tertiary/aromatic N) is 2. The highest BCUT2D eigenvalue weighted by atomic mass is 15.1. The maximum absolute atomic E-state index is 4.30. The summed E-state index contributed by atoms with van der Waals surface area (Å²) < 4.78 is 0. The second-order valence-electron chi connectivity index (χ2n) is 5.40. The van der Waals surface area contributed by atoms with Crippen molar-refractivity contribution in [2.75, 3.05) is 10.6 Å². The second-order valence-corrected chi connectivity index (χ2v) is 5.40. The summed E-state index contributed by atoms with van der Waals surface area (Å²) in [5.41, 5.74) is 2.45. The molecule has 0 aliphatic rings. The van der Waals surface area contributed by atoms with Crippen LogP contribution < -0.4 is 10.6 Å². The van der Waals surface area contributed by atoms with Crippen LogP contribution in [0.4, 0.5) is 11.6 Å². The van der Waals surface area contributed by atoms with E-state index in [-0.39, 0.29) is 6.04 Å². The lowest BCUT2D eigenvalue weighted by Gasteiger charge is -2.15. The van der Waals surface area contributed by atoms with Crippen LogP contribution in [0.3, 0.4) is 0 Å². The molecule has 0 saturated heterocycles. The maximum atomic E-state index is 4.30. The predicted molar refractivity (Wildman–Crippen MR) is 94.3 cm³/mol. The van der Waals surface area contributed by atoms with Crippen LogP contribution >= 0.6 is 0 Å². The second kappa shape index (κ2) is 7.40. The quantitative estimate of drug-likeness (QED) is 0.714. The van der Waals surface area contributed by atoms with Gasteiger partial charge in [-0.25, -0.2) is 9.97 Å². The SMILES string of the molecule is CC(Nc1cc(NCc2ccccc2)ncn1)c1ccccc1. The topological polar surface area (TPSA) is 49.8 Å². The van der Waals surface area contributed by atoms with Crippen molar-refractivity contribution in [2.45, 2.75) is 19.5 Å². The van der Waals surface area contributed by atoms with Gasteiger partial charge in [0.25, 0.3) is 0 Å². The van der Waals surface area contributed by atoms with Crippen LogP contribution in [0.15, 0.2) is 73.1 Å². The van der Waals surface area contributed by atoms with Crippen molar-refractivity contribution < 1.29 is 0 Å². The molecule has 2 N–H and O–H groups in total. The van der Waals surface area contributed by atoms with E-state index >= 15 is 0 Å². The van der Waals surface area contributed by atoms with E-state index < -0.39 is 0 Å². The van der Waals surface area contributed by atoms with Gasteiger partial charge in [-0.2, -0.15) is 0 Å². The lowest BCUT2D eigenvalue weighted by atomic mass is 10.1. The van der Waals surface area contributed by atoms with Crippen molar-refractivity contribution in [3.8, 4) is 0 Å². The minimum Gasteiger partial charge on any atom is -0.366 e. The zero-order valence-electron chi connectivity index (χ0n) is 13.1. The summed E-state index contributed by atoms with van der Waals surface area (Å²) in [6.45, 7) is 2.86. The first-order valence-corrected chi connectivity index (χ1v) is 7.72. The standard InChI is InChI=1S/C19H20N4/c1-15(17-10-6-3-7-11-17)23-19-12-18(21-14-22-19)20-13-16-8-4-2-5-9-16/h2-12,14-15H,13H2,1H3,(H2,20,21,22,23). The van der Waals surface area contributed by atoms with Crippen LogP contribution in [-0.4, -0.2) is 9.97 Å². The van der Waals surface area contributed by atoms with E-state index in [4.69, 9.17) is 0 Å². The van der Waals surface area contributed by atoms with E-state index in [1.165, 1.54) is 11.1 Å². The van der Waals surface area contributed by atoms with Crippen LogP contribution in [0.1, 0.15) is 24.1 Å². The fraction of sp³-hybridized carbons (Fsp3) is 0.158. The molecule has 1 unspecified atom stereocenters. The van der Waals surface area contributed by atoms with Crippen LogP contribution in [0.5, 0.6) is 0 Å². The number of aromatic nitrogens is 2. The Bertz CT molecular complexity index is 729. The van der Waals surface area contributed by atoms with Gasteiger partial charge >= 0.3 is 0 Å². The lowest BCUT2D eigenvalue weighted by Crippen LogP contribution is -2.09. The Kier molecular flexibility index (Phi) is 4.84. The molecule has 3 rings (SSSR count). The van der Waals surface area contributed by atoms with Crippen LogP contribution in [0.2, 0.25) is 0 Å². The number of hydrogen-bond donors (Lipinski definition) is 2. The third-order valence-corrected chi connectivity index (χ3v) is 3.65. The molecule has 4 nitrogen and oxygen atoms in total. The highest BCUT2D eigenvalue weighted by Gasteiger charge is 2.06. The number of hydrogen-bond acceptors (Lipinski definition) is 4. The van der Waals surface area contributed by atoms with Crippen molar-refractivity contribution in [3.05, 3.63) is 84.2 Å². The van der Waals surface area contributed by atoms with Crippen molar-refractivity contribution in [1.29, 1.82) is 0 Å². The Balaban J connectivity index is 1.63. The van der Waals surface area contributed by atoms with Gasteiger partial charge in [-0.1, -0.05) is 60.7 Å². The van der Waals surface area contributed by atoms with Gasteiger partial charge in [0.15, 0.2) is 0 Å². The zero-order chi connectivity index (χ0) is 15.9. The van der Waals surface area contributed by atoms with Crippen LogP contribution in [-0.2, 0) is 6.54 Å². The van der Waals surface area contributed by atoms with E-state index in [1.54, 1.807) is 6.33 Å². The molecule has 0 amide bonds. The number of nitrogens with one attached hydrogen (secondary N) is 2. The molecule has 0 radical (unpaired) electrons. The monoisotopic (exact) mass is 304 g/mol. The zero-order valence-corrected chi connectivity index (χ0v) is 13.1. The molecule has 0 saturated carbocycles. The van der Waals surface area contributed by atoms with Gasteiger partial charge in [0.05, 0.1) is 0 Å². The third kappa shape index (κ3) is 4.30. The van der Waals surface area contributed by atoms with Gasteiger partial charge in [-0.3, -0.25) is 0 Å². The number of rotatable bonds is 6. The Morgan fingerprint density at radius 3 is 2.26 bits per heavy atom. The largest absolute Gasteiger partial charge is 0.366 e.